The van der Waals surface area contributed by atoms with Gasteiger partial charge in [0.1, 0.15) is 10.6 Å². The van der Waals surface area contributed by atoms with Gasteiger partial charge in [0.05, 0.1) is 22.3 Å². The summed E-state index contributed by atoms with van der Waals surface area (Å²) in [6.07, 6.45) is 0. The van der Waals surface area contributed by atoms with Crippen molar-refractivity contribution in [2.45, 2.75) is 11.8 Å². The molecule has 1 fully saturated rings. The van der Waals surface area contributed by atoms with Gasteiger partial charge in [0.15, 0.2) is 5.13 Å². The van der Waals surface area contributed by atoms with E-state index >= 15 is 0 Å². The molecule has 2 heterocycles. The van der Waals surface area contributed by atoms with Gasteiger partial charge in [-0.05, 0) is 43.3 Å². The summed E-state index contributed by atoms with van der Waals surface area (Å²) in [7, 11) is -3.71. The van der Waals surface area contributed by atoms with E-state index in [1.54, 1.807) is 23.5 Å². The lowest BCUT2D eigenvalue weighted by Crippen LogP contribution is -2.48. The van der Waals surface area contributed by atoms with Crippen LogP contribution in [0.5, 0.6) is 5.75 Å². The van der Waals surface area contributed by atoms with E-state index in [4.69, 9.17) is 32.9 Å². The van der Waals surface area contributed by atoms with Crippen molar-refractivity contribution >= 4 is 49.7 Å². The van der Waals surface area contributed by atoms with E-state index in [0.717, 1.165) is 22.1 Å². The van der Waals surface area contributed by atoms with Crippen LogP contribution in [0.15, 0.2) is 52.7 Å². The smallest absolute Gasteiger partial charge is 0.244 e. The molecule has 1 saturated heterocycles. The molecule has 0 saturated carbocycles. The summed E-state index contributed by atoms with van der Waals surface area (Å²) < 4.78 is 32.9. The number of piperazine rings is 1. The number of ether oxygens (including phenoxy) is 1. The highest BCUT2D eigenvalue weighted by Crippen LogP contribution is 2.33. The minimum Gasteiger partial charge on any atom is -0.494 e. The van der Waals surface area contributed by atoms with Crippen LogP contribution >= 0.6 is 34.5 Å². The summed E-state index contributed by atoms with van der Waals surface area (Å²) in [6, 6.07) is 12.5. The Labute approximate surface area is 196 Å². The Kier molecular flexibility index (Phi) is 6.74. The van der Waals surface area contributed by atoms with Crippen LogP contribution in [-0.2, 0) is 10.0 Å². The quantitative estimate of drug-likeness (QED) is 0.477. The Bertz CT molecular complexity index is 1160. The summed E-state index contributed by atoms with van der Waals surface area (Å²) in [5.41, 5.74) is 1.91. The fourth-order valence-corrected chi connectivity index (χ4v) is 6.42. The Morgan fingerprint density at radius 3 is 2.45 bits per heavy atom. The number of benzene rings is 2. The molecule has 1 aromatic heterocycles. The number of hydrogen-bond donors (Lipinski definition) is 0. The molecule has 2 aromatic carbocycles. The molecular formula is C21H21Cl2N3O3S2. The maximum Gasteiger partial charge on any atom is 0.244 e. The van der Waals surface area contributed by atoms with Gasteiger partial charge in [0, 0.05) is 37.1 Å². The molecular weight excluding hydrogens is 477 g/mol. The molecule has 0 N–H and O–H groups in total. The van der Waals surface area contributed by atoms with Crippen molar-refractivity contribution in [1.29, 1.82) is 0 Å². The van der Waals surface area contributed by atoms with E-state index < -0.39 is 10.0 Å². The van der Waals surface area contributed by atoms with Crippen LogP contribution in [0.3, 0.4) is 0 Å². The second-order valence-corrected chi connectivity index (χ2v) is 10.4. The largest absolute Gasteiger partial charge is 0.494 e. The first-order valence-electron chi connectivity index (χ1n) is 9.78. The Balaban J connectivity index is 1.44. The summed E-state index contributed by atoms with van der Waals surface area (Å²) in [5.74, 6) is 0.832. The minimum absolute atomic E-state index is 0.0437. The van der Waals surface area contributed by atoms with Crippen molar-refractivity contribution in [1.82, 2.24) is 9.29 Å². The normalized spacial score (nSPS) is 15.3. The number of rotatable bonds is 6. The number of halogens is 2. The van der Waals surface area contributed by atoms with Gasteiger partial charge in [-0.2, -0.15) is 4.31 Å². The highest BCUT2D eigenvalue weighted by molar-refractivity contribution is 7.89. The van der Waals surface area contributed by atoms with Crippen LogP contribution in [0.25, 0.3) is 11.3 Å². The molecule has 3 aromatic rings. The van der Waals surface area contributed by atoms with Gasteiger partial charge < -0.3 is 9.64 Å². The molecule has 0 amide bonds. The molecule has 1 aliphatic rings. The van der Waals surface area contributed by atoms with Crippen molar-refractivity contribution in [3.8, 4) is 17.0 Å². The predicted octanol–water partition coefficient (Wildman–Crippen LogP) is 5.03. The Morgan fingerprint density at radius 2 is 1.77 bits per heavy atom. The number of thiazole rings is 1. The molecule has 4 rings (SSSR count). The molecule has 164 valence electrons. The second-order valence-electron chi connectivity index (χ2n) is 6.92. The van der Waals surface area contributed by atoms with Crippen LogP contribution in [0.1, 0.15) is 6.92 Å². The fourth-order valence-electron chi connectivity index (χ4n) is 3.37. The topological polar surface area (TPSA) is 62.7 Å². The standard InChI is InChI=1S/C21H21Cl2N3O3S2/c1-2-29-16-8-6-15(7-9-16)18-14-30-21(24-18)25-10-12-26(13-11-25)31(27,28)19-5-3-4-17(22)20(19)23/h3-9,14H,2,10-13H2,1H3. The van der Waals surface area contributed by atoms with Crippen LogP contribution in [0, 0.1) is 0 Å². The van der Waals surface area contributed by atoms with Gasteiger partial charge in [-0.3, -0.25) is 0 Å². The van der Waals surface area contributed by atoms with E-state index in [9.17, 15) is 8.42 Å². The first-order chi connectivity index (χ1) is 14.9. The highest BCUT2D eigenvalue weighted by Gasteiger charge is 2.31. The summed E-state index contributed by atoms with van der Waals surface area (Å²) >= 11 is 13.7. The van der Waals surface area contributed by atoms with E-state index in [2.05, 4.69) is 4.90 Å². The SMILES string of the molecule is CCOc1ccc(-c2csc(N3CCN(S(=O)(=O)c4cccc(Cl)c4Cl)CC3)n2)cc1. The van der Waals surface area contributed by atoms with Gasteiger partial charge in [0.25, 0.3) is 0 Å². The van der Waals surface area contributed by atoms with E-state index in [1.165, 1.54) is 10.4 Å². The van der Waals surface area contributed by atoms with Gasteiger partial charge in [-0.1, -0.05) is 29.3 Å². The molecule has 0 spiro atoms. The Hall–Kier alpha value is -1.84. The van der Waals surface area contributed by atoms with Crippen molar-refractivity contribution in [3.63, 3.8) is 0 Å². The molecule has 6 nitrogen and oxygen atoms in total. The maximum absolute atomic E-state index is 13.0. The van der Waals surface area contributed by atoms with Crippen LogP contribution in [-0.4, -0.2) is 50.5 Å². The number of anilines is 1. The van der Waals surface area contributed by atoms with Crippen molar-refractivity contribution in [3.05, 3.63) is 57.9 Å². The van der Waals surface area contributed by atoms with E-state index in [1.807, 2.05) is 36.6 Å². The van der Waals surface area contributed by atoms with Crippen molar-refractivity contribution in [2.75, 3.05) is 37.7 Å². The average molecular weight is 498 g/mol. The average Bonchev–Trinajstić information content (AvgIpc) is 3.27. The molecule has 10 heteroatoms. The van der Waals surface area contributed by atoms with Crippen LogP contribution in [0.2, 0.25) is 10.0 Å². The molecule has 0 atom stereocenters. The third kappa shape index (κ3) is 4.68. The third-order valence-electron chi connectivity index (χ3n) is 5.00. The lowest BCUT2D eigenvalue weighted by atomic mass is 10.2. The lowest BCUT2D eigenvalue weighted by Gasteiger charge is -2.34. The molecule has 31 heavy (non-hydrogen) atoms. The highest BCUT2D eigenvalue weighted by atomic mass is 35.5. The molecule has 0 aliphatic carbocycles. The van der Waals surface area contributed by atoms with Gasteiger partial charge in [-0.15, -0.1) is 11.3 Å². The third-order valence-corrected chi connectivity index (χ3v) is 8.77. The summed E-state index contributed by atoms with van der Waals surface area (Å²) in [5, 5.41) is 3.18. The number of sulfonamides is 1. The van der Waals surface area contributed by atoms with Gasteiger partial charge in [-0.25, -0.2) is 13.4 Å². The lowest BCUT2D eigenvalue weighted by molar-refractivity contribution is 0.340. The second kappa shape index (κ2) is 9.34. The molecule has 0 radical (unpaired) electrons. The Morgan fingerprint density at radius 1 is 1.06 bits per heavy atom. The first kappa shape index (κ1) is 22.4. The first-order valence-corrected chi connectivity index (χ1v) is 12.9. The van der Waals surface area contributed by atoms with Crippen LogP contribution in [0.4, 0.5) is 5.13 Å². The predicted molar refractivity (Wildman–Crippen MR) is 126 cm³/mol. The monoisotopic (exact) mass is 497 g/mol. The molecule has 1 aliphatic heterocycles. The van der Waals surface area contributed by atoms with Gasteiger partial charge in [0.2, 0.25) is 10.0 Å². The maximum atomic E-state index is 13.0. The molecule has 0 bridgehead atoms. The minimum atomic E-state index is -3.71. The zero-order chi connectivity index (χ0) is 22.0. The number of aromatic nitrogens is 1. The zero-order valence-corrected chi connectivity index (χ0v) is 19.9. The van der Waals surface area contributed by atoms with Crippen molar-refractivity contribution < 1.29 is 13.2 Å². The number of hydrogen-bond acceptors (Lipinski definition) is 6. The van der Waals surface area contributed by atoms with Crippen LogP contribution < -0.4 is 9.64 Å². The molecule has 0 unspecified atom stereocenters. The zero-order valence-electron chi connectivity index (χ0n) is 16.8. The van der Waals surface area contributed by atoms with Gasteiger partial charge >= 0.3 is 0 Å². The number of nitrogens with zero attached hydrogens (tertiary/aromatic N) is 3. The summed E-state index contributed by atoms with van der Waals surface area (Å²) in [6.45, 7) is 4.38. The fraction of sp³-hybridized carbons (Fsp3) is 0.286. The van der Waals surface area contributed by atoms with E-state index in [0.29, 0.717) is 32.8 Å². The van der Waals surface area contributed by atoms with Crippen molar-refractivity contribution in [2.24, 2.45) is 0 Å². The van der Waals surface area contributed by atoms with E-state index in [-0.39, 0.29) is 14.9 Å². The summed E-state index contributed by atoms with van der Waals surface area (Å²) in [4.78, 5) is 6.90.